The second kappa shape index (κ2) is 5.94. The Labute approximate surface area is 123 Å². The molecule has 2 aromatic heterocycles. The van der Waals surface area contributed by atoms with Crippen LogP contribution in [0.4, 0.5) is 0 Å². The number of terminal acetylenes is 1. The lowest BCUT2D eigenvalue weighted by molar-refractivity contribution is 0.129. The molecular weight excluding hydrogens is 262 g/mol. The van der Waals surface area contributed by atoms with Crippen molar-refractivity contribution in [3.8, 4) is 12.3 Å². The Balaban J connectivity index is 2.09. The second-order valence-electron chi connectivity index (χ2n) is 4.94. The molecule has 0 spiro atoms. The maximum Gasteiger partial charge on any atom is 0.107 e. The molecule has 0 amide bonds. The van der Waals surface area contributed by atoms with Crippen LogP contribution < -0.4 is 0 Å². The van der Waals surface area contributed by atoms with Crippen molar-refractivity contribution in [1.82, 2.24) is 14.5 Å². The lowest BCUT2D eigenvalue weighted by atomic mass is 10.1. The Bertz CT molecular complexity index is 801. The number of hydrogen-bond donors (Lipinski definition) is 0. The van der Waals surface area contributed by atoms with E-state index in [4.69, 9.17) is 11.2 Å². The average Bonchev–Trinajstić information content (AvgIpc) is 2.96. The molecule has 106 valence electrons. The smallest absolute Gasteiger partial charge is 0.107 e. The maximum atomic E-state index is 5.52. The van der Waals surface area contributed by atoms with Gasteiger partial charge >= 0.3 is 0 Å². The molecule has 2 heterocycles. The topological polar surface area (TPSA) is 39.9 Å². The van der Waals surface area contributed by atoms with Gasteiger partial charge in [-0.25, -0.2) is 4.98 Å². The molecule has 0 N–H and O–H groups in total. The normalized spacial score (nSPS) is 12.6. The maximum absolute atomic E-state index is 5.52. The van der Waals surface area contributed by atoms with E-state index in [-0.39, 0.29) is 6.04 Å². The number of benzene rings is 1. The van der Waals surface area contributed by atoms with Gasteiger partial charge in [0.25, 0.3) is 0 Å². The van der Waals surface area contributed by atoms with Crippen molar-refractivity contribution < 1.29 is 4.74 Å². The van der Waals surface area contributed by atoms with Crippen LogP contribution in [-0.2, 0) is 4.74 Å². The molecule has 0 fully saturated rings. The van der Waals surface area contributed by atoms with Crippen LogP contribution in [0, 0.1) is 12.3 Å². The fourth-order valence-corrected chi connectivity index (χ4v) is 2.59. The fourth-order valence-electron chi connectivity index (χ4n) is 2.59. The van der Waals surface area contributed by atoms with Crippen LogP contribution in [0.3, 0.4) is 0 Å². The molecule has 1 atom stereocenters. The van der Waals surface area contributed by atoms with E-state index in [2.05, 4.69) is 33.4 Å². The van der Waals surface area contributed by atoms with E-state index in [9.17, 15) is 0 Å². The van der Waals surface area contributed by atoms with Gasteiger partial charge in [-0.1, -0.05) is 31.0 Å². The second-order valence-corrected chi connectivity index (χ2v) is 4.94. The summed E-state index contributed by atoms with van der Waals surface area (Å²) in [5.41, 5.74) is 2.99. The van der Waals surface area contributed by atoms with Crippen LogP contribution >= 0.6 is 0 Å². The van der Waals surface area contributed by atoms with E-state index in [1.807, 2.05) is 30.7 Å². The van der Waals surface area contributed by atoms with Gasteiger partial charge < -0.3 is 9.30 Å². The highest BCUT2D eigenvalue weighted by atomic mass is 16.5. The van der Waals surface area contributed by atoms with Gasteiger partial charge in [0.05, 0.1) is 36.2 Å². The largest absolute Gasteiger partial charge is 0.367 e. The average molecular weight is 279 g/mol. The third-order valence-corrected chi connectivity index (χ3v) is 3.67. The zero-order chi connectivity index (χ0) is 14.7. The number of nitrogens with zero attached hydrogens (tertiary/aromatic N) is 3. The summed E-state index contributed by atoms with van der Waals surface area (Å²) < 4.78 is 7.70. The molecule has 0 unspecified atom stereocenters. The van der Waals surface area contributed by atoms with Gasteiger partial charge in [0.1, 0.15) is 12.1 Å². The number of rotatable bonds is 5. The van der Waals surface area contributed by atoms with Gasteiger partial charge in [0.15, 0.2) is 0 Å². The van der Waals surface area contributed by atoms with Crippen LogP contribution in [0.5, 0.6) is 0 Å². The molecule has 0 saturated carbocycles. The van der Waals surface area contributed by atoms with Crippen molar-refractivity contribution in [2.24, 2.45) is 0 Å². The highest BCUT2D eigenvalue weighted by Crippen LogP contribution is 2.26. The molecule has 0 aliphatic carbocycles. The summed E-state index contributed by atoms with van der Waals surface area (Å²) in [6.07, 6.45) is 9.88. The van der Waals surface area contributed by atoms with E-state index in [0.717, 1.165) is 28.4 Å². The first-order chi connectivity index (χ1) is 10.3. The molecular formula is C17H17N3O. The SMILES string of the molecule is C#CCOC[C@@H](CC)n1cnc2cnc3ccccc3c21. The summed E-state index contributed by atoms with van der Waals surface area (Å²) in [5, 5.41) is 1.11. The summed E-state index contributed by atoms with van der Waals surface area (Å²) in [6, 6.07) is 8.33. The van der Waals surface area contributed by atoms with Crippen LogP contribution in [0.15, 0.2) is 36.8 Å². The third kappa shape index (κ3) is 2.48. The van der Waals surface area contributed by atoms with E-state index in [0.29, 0.717) is 13.2 Å². The highest BCUT2D eigenvalue weighted by Gasteiger charge is 2.15. The lowest BCUT2D eigenvalue weighted by Crippen LogP contribution is -2.14. The van der Waals surface area contributed by atoms with E-state index in [1.165, 1.54) is 0 Å². The predicted octanol–water partition coefficient (Wildman–Crippen LogP) is 3.19. The van der Waals surface area contributed by atoms with Crippen molar-refractivity contribution in [1.29, 1.82) is 0 Å². The minimum absolute atomic E-state index is 0.217. The van der Waals surface area contributed by atoms with Crippen molar-refractivity contribution >= 4 is 21.9 Å². The Hall–Kier alpha value is -2.38. The standard InChI is InChI=1S/C17H17N3O/c1-3-9-21-11-13(4-2)20-12-19-16-10-18-15-8-6-5-7-14(15)17(16)20/h1,5-8,10,12-13H,4,9,11H2,2H3/t13-/m1/s1. The Morgan fingerprint density at radius 3 is 2.95 bits per heavy atom. The van der Waals surface area contributed by atoms with E-state index < -0.39 is 0 Å². The number of aromatic nitrogens is 3. The van der Waals surface area contributed by atoms with Gasteiger partial charge in [-0.05, 0) is 12.5 Å². The molecule has 3 aromatic rings. The first-order valence-corrected chi connectivity index (χ1v) is 7.06. The summed E-state index contributed by atoms with van der Waals surface area (Å²) >= 11 is 0. The first kappa shape index (κ1) is 13.6. The molecule has 21 heavy (non-hydrogen) atoms. The number of fused-ring (bicyclic) bond motifs is 3. The summed E-state index contributed by atoms with van der Waals surface area (Å²) in [5.74, 6) is 2.50. The summed E-state index contributed by atoms with van der Waals surface area (Å²) in [4.78, 5) is 8.92. The highest BCUT2D eigenvalue weighted by molar-refractivity contribution is 6.01. The monoisotopic (exact) mass is 279 g/mol. The Kier molecular flexibility index (Phi) is 3.85. The van der Waals surface area contributed by atoms with Crippen LogP contribution in [0.2, 0.25) is 0 Å². The molecule has 4 heteroatoms. The van der Waals surface area contributed by atoms with Crippen molar-refractivity contribution in [3.05, 3.63) is 36.8 Å². The minimum Gasteiger partial charge on any atom is -0.367 e. The van der Waals surface area contributed by atoms with Crippen molar-refractivity contribution in [2.75, 3.05) is 13.2 Å². The molecule has 0 radical (unpaired) electrons. The molecule has 0 bridgehead atoms. The molecule has 3 rings (SSSR count). The molecule has 0 aliphatic heterocycles. The number of ether oxygens (including phenoxy) is 1. The van der Waals surface area contributed by atoms with E-state index >= 15 is 0 Å². The number of para-hydroxylation sites is 1. The first-order valence-electron chi connectivity index (χ1n) is 7.06. The minimum atomic E-state index is 0.217. The quantitative estimate of drug-likeness (QED) is 0.532. The molecule has 0 aliphatic rings. The molecule has 1 aromatic carbocycles. The number of imidazole rings is 1. The van der Waals surface area contributed by atoms with Gasteiger partial charge in [-0.3, -0.25) is 4.98 Å². The van der Waals surface area contributed by atoms with Gasteiger partial charge in [0.2, 0.25) is 0 Å². The van der Waals surface area contributed by atoms with Crippen LogP contribution in [-0.4, -0.2) is 27.7 Å². The third-order valence-electron chi connectivity index (χ3n) is 3.67. The van der Waals surface area contributed by atoms with Crippen molar-refractivity contribution in [2.45, 2.75) is 19.4 Å². The zero-order valence-corrected chi connectivity index (χ0v) is 12.0. The lowest BCUT2D eigenvalue weighted by Gasteiger charge is -2.17. The summed E-state index contributed by atoms with van der Waals surface area (Å²) in [7, 11) is 0. The van der Waals surface area contributed by atoms with Crippen LogP contribution in [0.25, 0.3) is 21.9 Å². The summed E-state index contributed by atoms with van der Waals surface area (Å²) in [6.45, 7) is 3.06. The molecule has 4 nitrogen and oxygen atoms in total. The van der Waals surface area contributed by atoms with Crippen molar-refractivity contribution in [3.63, 3.8) is 0 Å². The molecule has 0 saturated heterocycles. The van der Waals surface area contributed by atoms with E-state index in [1.54, 1.807) is 0 Å². The van der Waals surface area contributed by atoms with Gasteiger partial charge in [-0.15, -0.1) is 6.42 Å². The Morgan fingerprint density at radius 2 is 2.14 bits per heavy atom. The van der Waals surface area contributed by atoms with Gasteiger partial charge in [0, 0.05) is 5.39 Å². The van der Waals surface area contributed by atoms with Crippen LogP contribution in [0.1, 0.15) is 19.4 Å². The fraction of sp³-hybridized carbons (Fsp3) is 0.294. The number of hydrogen-bond acceptors (Lipinski definition) is 3. The Morgan fingerprint density at radius 1 is 1.29 bits per heavy atom. The van der Waals surface area contributed by atoms with Gasteiger partial charge in [-0.2, -0.15) is 0 Å². The zero-order valence-electron chi connectivity index (χ0n) is 12.0. The predicted molar refractivity (Wildman–Crippen MR) is 84.0 cm³/mol. The number of pyridine rings is 1.